The molecule has 41 heavy (non-hydrogen) atoms. The van der Waals surface area contributed by atoms with E-state index in [-0.39, 0.29) is 66.7 Å². The van der Waals surface area contributed by atoms with E-state index >= 15 is 0 Å². The highest BCUT2D eigenvalue weighted by Crippen LogP contribution is 2.45. The molecule has 1 aromatic carbocycles. The van der Waals surface area contributed by atoms with Crippen molar-refractivity contribution in [3.63, 3.8) is 0 Å². The second-order valence-corrected chi connectivity index (χ2v) is 10.8. The zero-order valence-corrected chi connectivity index (χ0v) is 24.3. The van der Waals surface area contributed by atoms with E-state index in [0.717, 1.165) is 22.1 Å². The summed E-state index contributed by atoms with van der Waals surface area (Å²) in [5.41, 5.74) is 2.44. The van der Waals surface area contributed by atoms with Crippen molar-refractivity contribution in [1.29, 1.82) is 0 Å². The maximum absolute atomic E-state index is 15.0. The van der Waals surface area contributed by atoms with Gasteiger partial charge in [-0.05, 0) is 62.8 Å². The molecule has 9 nitrogen and oxygen atoms in total. The van der Waals surface area contributed by atoms with Gasteiger partial charge in [-0.25, -0.2) is 14.2 Å². The zero-order chi connectivity index (χ0) is 29.8. The number of carbonyl (C=O) groups excluding carboxylic acids is 2. The molecule has 10 heteroatoms. The fourth-order valence-electron chi connectivity index (χ4n) is 6.18. The van der Waals surface area contributed by atoms with Gasteiger partial charge in [0, 0.05) is 22.6 Å². The van der Waals surface area contributed by atoms with Crippen molar-refractivity contribution in [2.24, 2.45) is 0 Å². The highest BCUT2D eigenvalue weighted by molar-refractivity contribution is 5.94. The second kappa shape index (κ2) is 10.6. The van der Waals surface area contributed by atoms with Gasteiger partial charge in [0.25, 0.3) is 5.56 Å². The van der Waals surface area contributed by atoms with Crippen LogP contribution in [0.1, 0.15) is 86.9 Å². The van der Waals surface area contributed by atoms with Crippen molar-refractivity contribution in [3.05, 3.63) is 61.7 Å². The first-order chi connectivity index (χ1) is 19.5. The van der Waals surface area contributed by atoms with Crippen molar-refractivity contribution in [1.82, 2.24) is 14.9 Å². The van der Waals surface area contributed by atoms with Crippen LogP contribution in [-0.2, 0) is 44.2 Å². The Balaban J connectivity index is 0.00000165. The van der Waals surface area contributed by atoms with Crippen molar-refractivity contribution in [3.8, 4) is 11.4 Å². The van der Waals surface area contributed by atoms with E-state index in [1.165, 1.54) is 6.07 Å². The Hall–Kier alpha value is -3.63. The largest absolute Gasteiger partial charge is 0.458 e. The molecule has 2 atom stereocenters. The third-order valence-corrected chi connectivity index (χ3v) is 8.26. The lowest BCUT2D eigenvalue weighted by Crippen LogP contribution is -2.44. The number of cyclic esters (lactones) is 1. The molecule has 218 valence electrons. The molecule has 2 aromatic heterocycles. The molecule has 3 aromatic rings. The molecule has 1 aliphatic carbocycles. The maximum Gasteiger partial charge on any atom is 0.343 e. The second-order valence-electron chi connectivity index (χ2n) is 10.8. The summed E-state index contributed by atoms with van der Waals surface area (Å²) in [6.07, 6.45) is 1.05. The van der Waals surface area contributed by atoms with Gasteiger partial charge >= 0.3 is 5.97 Å². The normalized spacial score (nSPS) is 20.1. The topological polar surface area (TPSA) is 120 Å². The van der Waals surface area contributed by atoms with Crippen LogP contribution in [0.25, 0.3) is 22.3 Å². The monoisotopic (exact) mass is 565 g/mol. The molecule has 0 unspecified atom stereocenters. The first-order valence-electron chi connectivity index (χ1n) is 14.3. The van der Waals surface area contributed by atoms with Crippen LogP contribution in [0.4, 0.5) is 4.39 Å². The van der Waals surface area contributed by atoms with Gasteiger partial charge in [-0.3, -0.25) is 9.59 Å². The summed E-state index contributed by atoms with van der Waals surface area (Å²) >= 11 is 0. The van der Waals surface area contributed by atoms with Gasteiger partial charge < -0.3 is 24.5 Å². The van der Waals surface area contributed by atoms with Gasteiger partial charge in [0.1, 0.15) is 19.0 Å². The van der Waals surface area contributed by atoms with E-state index in [2.05, 4.69) is 5.32 Å². The Morgan fingerprint density at radius 2 is 2.00 bits per heavy atom. The minimum absolute atomic E-state index is 0.0331. The molecule has 6 rings (SSSR count). The van der Waals surface area contributed by atoms with Crippen LogP contribution >= 0.6 is 0 Å². The number of rotatable bonds is 5. The highest BCUT2D eigenvalue weighted by Gasteiger charge is 2.46. The van der Waals surface area contributed by atoms with Crippen LogP contribution in [0.15, 0.2) is 16.9 Å². The Labute approximate surface area is 237 Å². The van der Waals surface area contributed by atoms with Crippen LogP contribution < -0.4 is 10.9 Å². The molecule has 0 radical (unpaired) electrons. The molecule has 0 saturated carbocycles. The predicted octanol–water partition coefficient (Wildman–Crippen LogP) is 4.08. The lowest BCUT2D eigenvalue weighted by molar-refractivity contribution is -0.172. The van der Waals surface area contributed by atoms with Crippen LogP contribution in [0, 0.1) is 12.7 Å². The fourth-order valence-corrected chi connectivity index (χ4v) is 6.18. The number of aryl methyl sites for hydroxylation is 1. The van der Waals surface area contributed by atoms with Gasteiger partial charge in [0.05, 0.1) is 41.2 Å². The first kappa shape index (κ1) is 28.9. The van der Waals surface area contributed by atoms with Crippen LogP contribution in [-0.4, -0.2) is 39.2 Å². The van der Waals surface area contributed by atoms with E-state index < -0.39 is 11.6 Å². The van der Waals surface area contributed by atoms with Gasteiger partial charge in [0.2, 0.25) is 5.91 Å². The molecule has 4 heterocycles. The first-order valence-corrected chi connectivity index (χ1v) is 14.3. The van der Waals surface area contributed by atoms with Crippen LogP contribution in [0.3, 0.4) is 0 Å². The number of carbonyl (C=O) groups is 2. The molecule has 0 saturated heterocycles. The molecular weight excluding hydrogens is 529 g/mol. The Morgan fingerprint density at radius 3 is 2.68 bits per heavy atom. The maximum atomic E-state index is 15.0. The molecule has 0 bridgehead atoms. The molecule has 2 N–H and O–H groups in total. The minimum Gasteiger partial charge on any atom is -0.458 e. The van der Waals surface area contributed by atoms with Crippen molar-refractivity contribution >= 4 is 22.8 Å². The molecule has 3 aliphatic rings. The summed E-state index contributed by atoms with van der Waals surface area (Å²) in [5.74, 6) is -1.43. The van der Waals surface area contributed by atoms with E-state index in [4.69, 9.17) is 14.5 Å². The third-order valence-electron chi connectivity index (χ3n) is 8.26. The van der Waals surface area contributed by atoms with E-state index in [1.807, 2.05) is 27.7 Å². The minimum atomic E-state index is -1.94. The summed E-state index contributed by atoms with van der Waals surface area (Å²) in [6.45, 7) is 11.0. The predicted molar refractivity (Wildman–Crippen MR) is 151 cm³/mol. The van der Waals surface area contributed by atoms with Crippen molar-refractivity contribution in [2.75, 3.05) is 6.61 Å². The molecule has 0 spiro atoms. The fraction of sp³-hybridized carbons (Fsp3) is 0.484. The molecule has 2 aliphatic heterocycles. The summed E-state index contributed by atoms with van der Waals surface area (Å²) in [7, 11) is 0. The van der Waals surface area contributed by atoms with Gasteiger partial charge in [-0.15, -0.1) is 0 Å². The number of benzene rings is 1. The summed E-state index contributed by atoms with van der Waals surface area (Å²) < 4.78 is 27.2. The Kier molecular flexibility index (Phi) is 7.50. The number of ether oxygens (including phenoxy) is 2. The van der Waals surface area contributed by atoms with E-state index in [0.29, 0.717) is 35.3 Å². The number of hydrogen-bond donors (Lipinski definition) is 2. The lowest BCUT2D eigenvalue weighted by atomic mass is 9.81. The van der Waals surface area contributed by atoms with Gasteiger partial charge in [-0.1, -0.05) is 20.8 Å². The Bertz CT molecular complexity index is 1650. The number of fused-ring (bicyclic) bond motifs is 5. The number of nitrogens with one attached hydrogen (secondary N) is 1. The number of esters is 1. The third kappa shape index (κ3) is 4.44. The van der Waals surface area contributed by atoms with Crippen LogP contribution in [0.2, 0.25) is 0 Å². The smallest absolute Gasteiger partial charge is 0.343 e. The van der Waals surface area contributed by atoms with Gasteiger partial charge in [-0.2, -0.15) is 0 Å². The number of amides is 1. The Morgan fingerprint density at radius 1 is 1.27 bits per heavy atom. The van der Waals surface area contributed by atoms with E-state index in [9.17, 15) is 23.9 Å². The summed E-state index contributed by atoms with van der Waals surface area (Å²) in [6, 6.07) is 2.64. The van der Waals surface area contributed by atoms with Crippen molar-refractivity contribution in [2.45, 2.75) is 91.7 Å². The number of nitrogens with zero attached hydrogens (tertiary/aromatic N) is 2. The van der Waals surface area contributed by atoms with Gasteiger partial charge in [0.15, 0.2) is 5.60 Å². The average Bonchev–Trinajstić information content (AvgIpc) is 3.33. The average molecular weight is 566 g/mol. The number of halogens is 1. The number of aromatic nitrogens is 2. The summed E-state index contributed by atoms with van der Waals surface area (Å²) in [4.78, 5) is 43.8. The number of pyridine rings is 2. The molecular formula is C31H36FN3O6. The number of aliphatic hydroxyl groups is 1. The summed E-state index contributed by atoms with van der Waals surface area (Å²) in [5, 5.41) is 15.0. The quantitative estimate of drug-likeness (QED) is 0.350. The molecule has 0 fully saturated rings. The van der Waals surface area contributed by atoms with Crippen LogP contribution in [0.5, 0.6) is 0 Å². The molecule has 1 amide bonds. The SMILES string of the molecule is CC.CC[C@@]1(O)C(=O)OCc2c1cc1n(c2=O)Cc2c-1nc1cc(F)c(C)c3c1c2[C@@H](NC(=O)COC(C)C)CC3. The highest BCUT2D eigenvalue weighted by atomic mass is 19.1. The lowest BCUT2D eigenvalue weighted by Gasteiger charge is -2.31. The zero-order valence-electron chi connectivity index (χ0n) is 24.3. The van der Waals surface area contributed by atoms with Crippen molar-refractivity contribution < 1.29 is 28.6 Å². The van der Waals surface area contributed by atoms with E-state index in [1.54, 1.807) is 24.5 Å². The standard InChI is InChI=1S/C29H30FN3O6.C2H6/c1-5-29(37)18-8-22-26-16(10-33(22)27(35)17(18)11-39-28(29)36)25-20(31-23(34)12-38-13(2)3)7-6-15-14(4)19(30)9-21(32-26)24(15)25;1-2/h8-9,13,20,37H,5-7,10-12H2,1-4H3,(H,31,34);1-2H3/t20-,29-;/m0./s1. The number of hydrogen-bond acceptors (Lipinski definition) is 7.